The van der Waals surface area contributed by atoms with E-state index < -0.39 is 11.7 Å². The summed E-state index contributed by atoms with van der Waals surface area (Å²) in [6.07, 6.45) is 2.74. The first kappa shape index (κ1) is 12.2. The smallest absolute Gasteiger partial charge is 0.251 e. The van der Waals surface area contributed by atoms with Crippen LogP contribution in [-0.4, -0.2) is 20.7 Å². The van der Waals surface area contributed by atoms with E-state index in [0.29, 0.717) is 11.3 Å². The molecule has 1 aromatic carbocycles. The lowest BCUT2D eigenvalue weighted by atomic mass is 10.1. The van der Waals surface area contributed by atoms with Gasteiger partial charge in [0.05, 0.1) is 17.4 Å². The Morgan fingerprint density at radius 2 is 2.11 bits per heavy atom. The maximum absolute atomic E-state index is 13.1. The third-order valence-electron chi connectivity index (χ3n) is 2.34. The fourth-order valence-corrected chi connectivity index (χ4v) is 1.65. The summed E-state index contributed by atoms with van der Waals surface area (Å²) in [6, 6.07) is 3.94. The van der Waals surface area contributed by atoms with Crippen molar-refractivity contribution in [2.24, 2.45) is 11.5 Å². The molecule has 7 heteroatoms. The first-order valence-corrected chi connectivity index (χ1v) is 5.34. The summed E-state index contributed by atoms with van der Waals surface area (Å²) in [5.74, 6) is -1.05. The molecule has 2 aromatic rings. The second kappa shape index (κ2) is 4.53. The topological polar surface area (TPSA) is 86.9 Å². The first-order chi connectivity index (χ1) is 8.49. The highest BCUT2D eigenvalue weighted by atomic mass is 32.1. The minimum absolute atomic E-state index is 0.0422. The SMILES string of the molecule is NC(=O)c1cnn(-c2ccc(F)cc2C(N)=S)c1. The average molecular weight is 264 g/mol. The Bertz CT molecular complexity index is 638. The molecular weight excluding hydrogens is 255 g/mol. The van der Waals surface area contributed by atoms with Gasteiger partial charge in [0.2, 0.25) is 0 Å². The molecule has 4 N–H and O–H groups in total. The van der Waals surface area contributed by atoms with Crippen LogP contribution in [0.1, 0.15) is 15.9 Å². The molecule has 0 aliphatic carbocycles. The Morgan fingerprint density at radius 3 is 2.67 bits per heavy atom. The fraction of sp³-hybridized carbons (Fsp3) is 0. The van der Waals surface area contributed by atoms with Gasteiger partial charge in [0.25, 0.3) is 5.91 Å². The van der Waals surface area contributed by atoms with Crippen LogP contribution < -0.4 is 11.5 Å². The van der Waals surface area contributed by atoms with E-state index in [1.165, 1.54) is 35.3 Å². The molecule has 92 valence electrons. The number of benzene rings is 1. The fourth-order valence-electron chi connectivity index (χ4n) is 1.49. The highest BCUT2D eigenvalue weighted by molar-refractivity contribution is 7.80. The molecule has 0 aliphatic heterocycles. The van der Waals surface area contributed by atoms with Gasteiger partial charge < -0.3 is 11.5 Å². The van der Waals surface area contributed by atoms with Crippen LogP contribution in [0.3, 0.4) is 0 Å². The predicted molar refractivity (Wildman–Crippen MR) is 67.9 cm³/mol. The number of nitrogens with zero attached hydrogens (tertiary/aromatic N) is 2. The number of thiocarbonyl (C=S) groups is 1. The minimum atomic E-state index is -0.597. The number of carbonyl (C=O) groups excluding carboxylic acids is 1. The molecule has 0 radical (unpaired) electrons. The third kappa shape index (κ3) is 2.21. The van der Waals surface area contributed by atoms with Gasteiger partial charge in [-0.3, -0.25) is 4.79 Å². The Kier molecular flexibility index (Phi) is 3.07. The summed E-state index contributed by atoms with van der Waals surface area (Å²) in [7, 11) is 0. The number of carbonyl (C=O) groups is 1. The quantitative estimate of drug-likeness (QED) is 0.801. The summed E-state index contributed by atoms with van der Waals surface area (Å²) in [4.78, 5) is 11.0. The van der Waals surface area contributed by atoms with Crippen molar-refractivity contribution in [2.75, 3.05) is 0 Å². The average Bonchev–Trinajstić information content (AvgIpc) is 2.78. The van der Waals surface area contributed by atoms with Crippen LogP contribution in [0, 0.1) is 5.82 Å². The van der Waals surface area contributed by atoms with Gasteiger partial charge in [0.15, 0.2) is 0 Å². The van der Waals surface area contributed by atoms with Crippen molar-refractivity contribution in [3.63, 3.8) is 0 Å². The van der Waals surface area contributed by atoms with E-state index in [1.807, 2.05) is 0 Å². The molecule has 0 spiro atoms. The van der Waals surface area contributed by atoms with Gasteiger partial charge in [-0.25, -0.2) is 9.07 Å². The summed E-state index contributed by atoms with van der Waals surface area (Å²) in [6.45, 7) is 0. The number of halogens is 1. The Balaban J connectivity index is 2.55. The van der Waals surface area contributed by atoms with Crippen molar-refractivity contribution >= 4 is 23.1 Å². The molecule has 0 bridgehead atoms. The van der Waals surface area contributed by atoms with Crippen LogP contribution in [0.4, 0.5) is 4.39 Å². The van der Waals surface area contributed by atoms with Gasteiger partial charge in [-0.2, -0.15) is 5.10 Å². The lowest BCUT2D eigenvalue weighted by molar-refractivity contribution is 0.100. The van der Waals surface area contributed by atoms with E-state index in [1.54, 1.807) is 0 Å². The van der Waals surface area contributed by atoms with E-state index in [-0.39, 0.29) is 10.6 Å². The zero-order chi connectivity index (χ0) is 13.3. The van der Waals surface area contributed by atoms with Crippen LogP contribution in [0.2, 0.25) is 0 Å². The monoisotopic (exact) mass is 264 g/mol. The van der Waals surface area contributed by atoms with E-state index in [2.05, 4.69) is 5.10 Å². The van der Waals surface area contributed by atoms with Crippen molar-refractivity contribution < 1.29 is 9.18 Å². The summed E-state index contributed by atoms with van der Waals surface area (Å²) >= 11 is 4.85. The molecule has 0 unspecified atom stereocenters. The molecule has 0 saturated carbocycles. The van der Waals surface area contributed by atoms with Crippen LogP contribution in [0.15, 0.2) is 30.6 Å². The van der Waals surface area contributed by atoms with E-state index in [9.17, 15) is 9.18 Å². The van der Waals surface area contributed by atoms with Crippen LogP contribution in [0.25, 0.3) is 5.69 Å². The van der Waals surface area contributed by atoms with Gasteiger partial charge >= 0.3 is 0 Å². The van der Waals surface area contributed by atoms with Crippen molar-refractivity contribution in [3.8, 4) is 5.69 Å². The highest BCUT2D eigenvalue weighted by Gasteiger charge is 2.11. The van der Waals surface area contributed by atoms with Gasteiger partial charge in [0, 0.05) is 11.8 Å². The number of nitrogens with two attached hydrogens (primary N) is 2. The number of hydrogen-bond donors (Lipinski definition) is 2. The number of amides is 1. The molecule has 2 rings (SSSR count). The van der Waals surface area contributed by atoms with Crippen molar-refractivity contribution in [1.29, 1.82) is 0 Å². The lowest BCUT2D eigenvalue weighted by Crippen LogP contribution is -2.14. The lowest BCUT2D eigenvalue weighted by Gasteiger charge is -2.08. The second-order valence-corrected chi connectivity index (χ2v) is 4.00. The van der Waals surface area contributed by atoms with Gasteiger partial charge in [-0.1, -0.05) is 12.2 Å². The second-order valence-electron chi connectivity index (χ2n) is 3.56. The number of hydrogen-bond acceptors (Lipinski definition) is 3. The van der Waals surface area contributed by atoms with Gasteiger partial charge in [0.1, 0.15) is 10.8 Å². The van der Waals surface area contributed by atoms with Gasteiger partial charge in [-0.05, 0) is 18.2 Å². The highest BCUT2D eigenvalue weighted by Crippen LogP contribution is 2.16. The van der Waals surface area contributed by atoms with Crippen LogP contribution in [0.5, 0.6) is 0 Å². The largest absolute Gasteiger partial charge is 0.389 e. The van der Waals surface area contributed by atoms with Crippen molar-refractivity contribution in [2.45, 2.75) is 0 Å². The Hall–Kier alpha value is -2.28. The Morgan fingerprint density at radius 1 is 1.39 bits per heavy atom. The summed E-state index contributed by atoms with van der Waals surface area (Å²) in [5.41, 5.74) is 11.7. The van der Waals surface area contributed by atoms with Crippen molar-refractivity contribution in [1.82, 2.24) is 9.78 Å². The van der Waals surface area contributed by atoms with E-state index in [0.717, 1.165) is 0 Å². The molecule has 1 amide bonds. The summed E-state index contributed by atoms with van der Waals surface area (Å²) < 4.78 is 14.5. The zero-order valence-corrected chi connectivity index (χ0v) is 9.95. The predicted octanol–water partition coefficient (Wildman–Crippen LogP) is 0.745. The zero-order valence-electron chi connectivity index (χ0n) is 9.13. The Labute approximate surface area is 107 Å². The maximum atomic E-state index is 13.1. The maximum Gasteiger partial charge on any atom is 0.251 e. The van der Waals surface area contributed by atoms with Crippen molar-refractivity contribution in [3.05, 3.63) is 47.5 Å². The molecule has 5 nitrogen and oxygen atoms in total. The molecular formula is C11H9FN4OS. The number of rotatable bonds is 3. The van der Waals surface area contributed by atoms with Crippen LogP contribution in [-0.2, 0) is 0 Å². The third-order valence-corrected chi connectivity index (χ3v) is 2.56. The molecule has 0 atom stereocenters. The molecule has 0 saturated heterocycles. The minimum Gasteiger partial charge on any atom is -0.389 e. The van der Waals surface area contributed by atoms with E-state index >= 15 is 0 Å². The molecule has 0 aliphatic rings. The molecule has 1 aromatic heterocycles. The molecule has 1 heterocycles. The summed E-state index contributed by atoms with van der Waals surface area (Å²) in [5, 5.41) is 3.96. The first-order valence-electron chi connectivity index (χ1n) is 4.93. The van der Waals surface area contributed by atoms with Gasteiger partial charge in [-0.15, -0.1) is 0 Å². The normalized spacial score (nSPS) is 10.3. The standard InChI is InChI=1S/C11H9FN4OS/c12-7-1-2-9(8(3-7)11(14)18)16-5-6(4-15-16)10(13)17/h1-5H,(H2,13,17)(H2,14,18). The van der Waals surface area contributed by atoms with E-state index in [4.69, 9.17) is 23.7 Å². The molecule has 18 heavy (non-hydrogen) atoms. The number of primary amides is 1. The molecule has 0 fully saturated rings. The number of aromatic nitrogens is 2. The van der Waals surface area contributed by atoms with Crippen LogP contribution >= 0.6 is 12.2 Å².